The Morgan fingerprint density at radius 3 is 2.59 bits per heavy atom. The van der Waals surface area contributed by atoms with Gasteiger partial charge in [0.05, 0.1) is 7.11 Å². The first-order valence-corrected chi connectivity index (χ1v) is 8.64. The number of benzene rings is 1. The summed E-state index contributed by atoms with van der Waals surface area (Å²) in [5.74, 6) is 2.72. The molecule has 2 saturated carbocycles. The second kappa shape index (κ2) is 7.13. The average molecular weight is 298 g/mol. The molecule has 0 radical (unpaired) electrons. The van der Waals surface area contributed by atoms with Crippen LogP contribution in [0, 0.1) is 11.8 Å². The van der Waals surface area contributed by atoms with Crippen LogP contribution < -0.4 is 4.74 Å². The van der Waals surface area contributed by atoms with Gasteiger partial charge in [-0.3, -0.25) is 4.79 Å². The molecule has 1 aromatic rings. The summed E-state index contributed by atoms with van der Waals surface area (Å²) in [4.78, 5) is 12.3. The number of carbonyl (C=O) groups is 1. The third-order valence-electron chi connectivity index (χ3n) is 5.37. The topological polar surface area (TPSA) is 26.3 Å². The monoisotopic (exact) mass is 298 g/mol. The number of hydrogen-bond donors (Lipinski definition) is 0. The summed E-state index contributed by atoms with van der Waals surface area (Å²) in [5, 5.41) is 0. The van der Waals surface area contributed by atoms with E-state index < -0.39 is 0 Å². The average Bonchev–Trinajstić information content (AvgIpc) is 2.58. The number of ketones is 1. The van der Waals surface area contributed by atoms with Crippen molar-refractivity contribution in [2.45, 2.75) is 51.4 Å². The lowest BCUT2D eigenvalue weighted by atomic mass is 9.71. The Hall–Kier alpha value is -1.57. The highest BCUT2D eigenvalue weighted by molar-refractivity contribution is 6.00. The molecule has 1 unspecified atom stereocenters. The predicted molar refractivity (Wildman–Crippen MR) is 89.9 cm³/mol. The van der Waals surface area contributed by atoms with E-state index in [4.69, 9.17) is 4.74 Å². The fraction of sp³-hybridized carbons (Fsp3) is 0.550. The molecule has 3 rings (SSSR count). The maximum atomic E-state index is 12.3. The van der Waals surface area contributed by atoms with E-state index in [0.717, 1.165) is 42.1 Å². The van der Waals surface area contributed by atoms with Crippen LogP contribution in [0.4, 0.5) is 0 Å². The Morgan fingerprint density at radius 1 is 1.05 bits per heavy atom. The Morgan fingerprint density at radius 2 is 1.82 bits per heavy atom. The van der Waals surface area contributed by atoms with Crippen LogP contribution in [-0.2, 0) is 4.79 Å². The summed E-state index contributed by atoms with van der Waals surface area (Å²) in [6, 6.07) is 7.96. The Bertz CT molecular complexity index is 553. The summed E-state index contributed by atoms with van der Waals surface area (Å²) in [7, 11) is 1.69. The van der Waals surface area contributed by atoms with E-state index in [-0.39, 0.29) is 0 Å². The molecule has 0 saturated heterocycles. The zero-order valence-electron chi connectivity index (χ0n) is 13.5. The standard InChI is InChI=1S/C20H26O2/c1-22-20-10-6-5-9-17(20)14-18-13-16(11-12-19(18)21)15-7-3-2-4-8-15/h5-6,9-10,14-16H,2-4,7-8,11-13H2,1H3/b18-14-. The minimum absolute atomic E-state index is 0.331. The van der Waals surface area contributed by atoms with Crippen molar-refractivity contribution < 1.29 is 9.53 Å². The van der Waals surface area contributed by atoms with Gasteiger partial charge >= 0.3 is 0 Å². The van der Waals surface area contributed by atoms with Crippen molar-refractivity contribution in [3.8, 4) is 5.75 Å². The zero-order chi connectivity index (χ0) is 15.4. The second-order valence-corrected chi connectivity index (χ2v) is 6.74. The molecular formula is C20H26O2. The van der Waals surface area contributed by atoms with Crippen molar-refractivity contribution in [1.29, 1.82) is 0 Å². The first kappa shape index (κ1) is 15.3. The van der Waals surface area contributed by atoms with Crippen LogP contribution in [0.15, 0.2) is 29.8 Å². The molecule has 1 atom stereocenters. The quantitative estimate of drug-likeness (QED) is 0.732. The van der Waals surface area contributed by atoms with Crippen LogP contribution in [0.5, 0.6) is 5.75 Å². The first-order chi connectivity index (χ1) is 10.8. The number of Topliss-reactive ketones (excluding diaryl/α,β-unsaturated/α-hetero) is 1. The molecule has 0 heterocycles. The van der Waals surface area contributed by atoms with Crippen LogP contribution in [0.25, 0.3) is 6.08 Å². The van der Waals surface area contributed by atoms with E-state index >= 15 is 0 Å². The van der Waals surface area contributed by atoms with E-state index in [1.54, 1.807) is 7.11 Å². The molecule has 2 fully saturated rings. The van der Waals surface area contributed by atoms with Crippen molar-refractivity contribution in [2.24, 2.45) is 11.8 Å². The molecule has 2 aliphatic carbocycles. The number of carbonyl (C=O) groups excluding carboxylic acids is 1. The van der Waals surface area contributed by atoms with Gasteiger partial charge in [0.1, 0.15) is 5.75 Å². The number of ether oxygens (including phenoxy) is 1. The molecule has 2 heteroatoms. The molecule has 22 heavy (non-hydrogen) atoms. The van der Waals surface area contributed by atoms with Gasteiger partial charge in [0, 0.05) is 12.0 Å². The number of allylic oxidation sites excluding steroid dienone is 1. The molecule has 1 aromatic carbocycles. The molecular weight excluding hydrogens is 272 g/mol. The number of hydrogen-bond acceptors (Lipinski definition) is 2. The van der Waals surface area contributed by atoms with Crippen LogP contribution >= 0.6 is 0 Å². The Kier molecular flexibility index (Phi) is 4.97. The van der Waals surface area contributed by atoms with E-state index in [9.17, 15) is 4.79 Å². The van der Waals surface area contributed by atoms with Gasteiger partial charge in [0.15, 0.2) is 5.78 Å². The van der Waals surface area contributed by atoms with Crippen molar-refractivity contribution in [3.63, 3.8) is 0 Å². The SMILES string of the molecule is COc1ccccc1/C=C1/CC(C2CCCCC2)CCC1=O. The number of methoxy groups -OCH3 is 1. The van der Waals surface area contributed by atoms with Crippen LogP contribution in [-0.4, -0.2) is 12.9 Å². The second-order valence-electron chi connectivity index (χ2n) is 6.74. The molecule has 0 aromatic heterocycles. The third kappa shape index (κ3) is 3.43. The van der Waals surface area contributed by atoms with Crippen molar-refractivity contribution in [1.82, 2.24) is 0 Å². The molecule has 0 amide bonds. The summed E-state index contributed by atoms with van der Waals surface area (Å²) < 4.78 is 5.41. The van der Waals surface area contributed by atoms with Gasteiger partial charge in [0.25, 0.3) is 0 Å². The van der Waals surface area contributed by atoms with Gasteiger partial charge in [-0.1, -0.05) is 50.3 Å². The summed E-state index contributed by atoms with van der Waals surface area (Å²) >= 11 is 0. The predicted octanol–water partition coefficient (Wildman–Crippen LogP) is 5.03. The Labute approximate surface area is 133 Å². The van der Waals surface area contributed by atoms with E-state index in [1.807, 2.05) is 24.3 Å². The highest BCUT2D eigenvalue weighted by atomic mass is 16.5. The Balaban J connectivity index is 1.78. The lowest BCUT2D eigenvalue weighted by molar-refractivity contribution is -0.117. The van der Waals surface area contributed by atoms with Gasteiger partial charge in [-0.15, -0.1) is 0 Å². The maximum absolute atomic E-state index is 12.3. The van der Waals surface area contributed by atoms with Crippen molar-refractivity contribution in [2.75, 3.05) is 7.11 Å². The molecule has 0 N–H and O–H groups in total. The lowest BCUT2D eigenvalue weighted by Crippen LogP contribution is -2.25. The summed E-state index contributed by atoms with van der Waals surface area (Å²) in [6.45, 7) is 0. The zero-order valence-corrected chi connectivity index (χ0v) is 13.5. The van der Waals surface area contributed by atoms with Crippen LogP contribution in [0.2, 0.25) is 0 Å². The van der Waals surface area contributed by atoms with Gasteiger partial charge in [0.2, 0.25) is 0 Å². The lowest BCUT2D eigenvalue weighted by Gasteiger charge is -2.33. The maximum Gasteiger partial charge on any atom is 0.158 e. The van der Waals surface area contributed by atoms with Gasteiger partial charge in [-0.2, -0.15) is 0 Å². The molecule has 2 aliphatic rings. The molecule has 0 aliphatic heterocycles. The normalized spacial score (nSPS) is 25.4. The fourth-order valence-electron chi connectivity index (χ4n) is 4.10. The van der Waals surface area contributed by atoms with Gasteiger partial charge < -0.3 is 4.74 Å². The fourth-order valence-corrected chi connectivity index (χ4v) is 4.10. The van der Waals surface area contributed by atoms with Crippen LogP contribution in [0.1, 0.15) is 56.9 Å². The minimum atomic E-state index is 0.331. The van der Waals surface area contributed by atoms with E-state index in [1.165, 1.54) is 32.1 Å². The smallest absolute Gasteiger partial charge is 0.158 e. The minimum Gasteiger partial charge on any atom is -0.496 e. The van der Waals surface area contributed by atoms with Crippen molar-refractivity contribution >= 4 is 11.9 Å². The highest BCUT2D eigenvalue weighted by Gasteiger charge is 2.30. The largest absolute Gasteiger partial charge is 0.496 e. The van der Waals surface area contributed by atoms with Crippen LogP contribution in [0.3, 0.4) is 0 Å². The van der Waals surface area contributed by atoms with Crippen molar-refractivity contribution in [3.05, 3.63) is 35.4 Å². The number of rotatable bonds is 3. The molecule has 2 nitrogen and oxygen atoms in total. The third-order valence-corrected chi connectivity index (χ3v) is 5.37. The molecule has 0 bridgehead atoms. The molecule has 0 spiro atoms. The highest BCUT2D eigenvalue weighted by Crippen LogP contribution is 2.39. The number of para-hydroxylation sites is 1. The molecule has 118 valence electrons. The van der Waals surface area contributed by atoms with Gasteiger partial charge in [-0.05, 0) is 42.4 Å². The van der Waals surface area contributed by atoms with E-state index in [2.05, 4.69) is 6.08 Å². The summed E-state index contributed by atoms with van der Waals surface area (Å²) in [6.07, 6.45) is 11.7. The van der Waals surface area contributed by atoms with E-state index in [0.29, 0.717) is 11.7 Å². The van der Waals surface area contributed by atoms with Gasteiger partial charge in [-0.25, -0.2) is 0 Å². The summed E-state index contributed by atoms with van der Waals surface area (Å²) in [5.41, 5.74) is 2.03. The first-order valence-electron chi connectivity index (χ1n) is 8.64.